The molecule has 5 heteroatoms. The number of hydrogen-bond donors (Lipinski definition) is 0. The smallest absolute Gasteiger partial charge is 0.211 e. The van der Waals surface area contributed by atoms with Gasteiger partial charge >= 0.3 is 0 Å². The number of rotatable bonds is 2. The zero-order chi connectivity index (χ0) is 12.5. The van der Waals surface area contributed by atoms with Crippen molar-refractivity contribution in [2.24, 2.45) is 4.99 Å². The van der Waals surface area contributed by atoms with Gasteiger partial charge in [0.2, 0.25) is 6.08 Å². The molecular weight excluding hydrogens is 248 g/mol. The SMILES string of the molecule is O=C=NC1(c2cc(F)cc(F)c2Cl)CCCC1. The van der Waals surface area contributed by atoms with Crippen LogP contribution in [-0.4, -0.2) is 6.08 Å². The molecule has 1 aliphatic rings. The van der Waals surface area contributed by atoms with Crippen LogP contribution in [0.2, 0.25) is 5.02 Å². The Bertz CT molecular complexity index is 492. The van der Waals surface area contributed by atoms with E-state index in [9.17, 15) is 13.6 Å². The van der Waals surface area contributed by atoms with E-state index in [-0.39, 0.29) is 10.6 Å². The summed E-state index contributed by atoms with van der Waals surface area (Å²) in [5.74, 6) is -1.54. The van der Waals surface area contributed by atoms with E-state index in [2.05, 4.69) is 4.99 Å². The summed E-state index contributed by atoms with van der Waals surface area (Å²) in [6.07, 6.45) is 4.30. The first-order valence-electron chi connectivity index (χ1n) is 5.33. The van der Waals surface area contributed by atoms with E-state index >= 15 is 0 Å². The number of nitrogens with zero attached hydrogens (tertiary/aromatic N) is 1. The third-order valence-electron chi connectivity index (χ3n) is 3.18. The van der Waals surface area contributed by atoms with Crippen LogP contribution in [0.1, 0.15) is 31.2 Å². The molecule has 0 spiro atoms. The minimum atomic E-state index is -0.901. The highest BCUT2D eigenvalue weighted by molar-refractivity contribution is 6.31. The van der Waals surface area contributed by atoms with Crippen molar-refractivity contribution < 1.29 is 13.6 Å². The molecule has 2 rings (SSSR count). The van der Waals surface area contributed by atoms with Crippen LogP contribution in [0.5, 0.6) is 0 Å². The fourth-order valence-corrected chi connectivity index (χ4v) is 2.67. The van der Waals surface area contributed by atoms with Gasteiger partial charge in [0.15, 0.2) is 0 Å². The van der Waals surface area contributed by atoms with Gasteiger partial charge in [-0.15, -0.1) is 0 Å². The lowest BCUT2D eigenvalue weighted by Crippen LogP contribution is -2.20. The minimum Gasteiger partial charge on any atom is -0.211 e. The standard InChI is InChI=1S/C12H10ClF2NO/c13-11-9(5-8(14)6-10(11)15)12(16-7-17)3-1-2-4-12/h5-6H,1-4H2. The lowest BCUT2D eigenvalue weighted by molar-refractivity contribution is 0.448. The Hall–Kier alpha value is -1.25. The normalized spacial score (nSPS) is 17.8. The second-order valence-electron chi connectivity index (χ2n) is 4.19. The molecule has 17 heavy (non-hydrogen) atoms. The second kappa shape index (κ2) is 4.55. The molecule has 0 heterocycles. The highest BCUT2D eigenvalue weighted by Crippen LogP contribution is 2.45. The van der Waals surface area contributed by atoms with Crippen molar-refractivity contribution in [2.75, 3.05) is 0 Å². The quantitative estimate of drug-likeness (QED) is 0.451. The van der Waals surface area contributed by atoms with Gasteiger partial charge in [-0.05, 0) is 18.9 Å². The monoisotopic (exact) mass is 257 g/mol. The number of hydrogen-bond acceptors (Lipinski definition) is 2. The van der Waals surface area contributed by atoms with Crippen LogP contribution in [0.25, 0.3) is 0 Å². The van der Waals surface area contributed by atoms with Crippen LogP contribution >= 0.6 is 11.6 Å². The summed E-state index contributed by atoms with van der Waals surface area (Å²) in [6.45, 7) is 0. The molecule has 1 aromatic carbocycles. The molecular formula is C12H10ClF2NO. The summed E-state index contributed by atoms with van der Waals surface area (Å²) in [6, 6.07) is 1.87. The van der Waals surface area contributed by atoms with E-state index in [1.54, 1.807) is 0 Å². The molecule has 0 amide bonds. The molecule has 0 radical (unpaired) electrons. The Kier molecular flexibility index (Phi) is 3.27. The van der Waals surface area contributed by atoms with Crippen molar-refractivity contribution >= 4 is 17.7 Å². The molecule has 0 bridgehead atoms. The van der Waals surface area contributed by atoms with E-state index in [0.717, 1.165) is 25.0 Å². The first-order chi connectivity index (χ1) is 8.09. The van der Waals surface area contributed by atoms with E-state index in [4.69, 9.17) is 11.6 Å². The summed E-state index contributed by atoms with van der Waals surface area (Å²) < 4.78 is 26.6. The van der Waals surface area contributed by atoms with Gasteiger partial charge in [0.1, 0.15) is 11.6 Å². The molecule has 90 valence electrons. The summed E-state index contributed by atoms with van der Waals surface area (Å²) >= 11 is 5.84. The first-order valence-corrected chi connectivity index (χ1v) is 5.71. The molecule has 0 aromatic heterocycles. The molecule has 0 unspecified atom stereocenters. The third-order valence-corrected chi connectivity index (χ3v) is 3.57. The molecule has 0 aliphatic heterocycles. The van der Waals surface area contributed by atoms with Gasteiger partial charge in [0.25, 0.3) is 0 Å². The van der Waals surface area contributed by atoms with Crippen molar-refractivity contribution in [2.45, 2.75) is 31.2 Å². The average molecular weight is 258 g/mol. The Morgan fingerprint density at radius 2 is 1.94 bits per heavy atom. The molecule has 2 nitrogen and oxygen atoms in total. The molecule has 1 fully saturated rings. The lowest BCUT2D eigenvalue weighted by atomic mass is 9.88. The van der Waals surface area contributed by atoms with Gasteiger partial charge in [0, 0.05) is 11.6 Å². The summed E-state index contributed by atoms with van der Waals surface area (Å²) in [5.41, 5.74) is -0.653. The van der Waals surface area contributed by atoms with Crippen molar-refractivity contribution in [3.63, 3.8) is 0 Å². The molecule has 0 N–H and O–H groups in total. The lowest BCUT2D eigenvalue weighted by Gasteiger charge is -2.24. The molecule has 1 saturated carbocycles. The van der Waals surface area contributed by atoms with Gasteiger partial charge in [-0.2, -0.15) is 4.99 Å². The molecule has 0 atom stereocenters. The molecule has 0 saturated heterocycles. The maximum atomic E-state index is 13.4. The van der Waals surface area contributed by atoms with Crippen LogP contribution in [-0.2, 0) is 10.3 Å². The van der Waals surface area contributed by atoms with Gasteiger partial charge < -0.3 is 0 Å². The van der Waals surface area contributed by atoms with E-state index in [1.165, 1.54) is 6.08 Å². The Labute approximate surface area is 102 Å². The second-order valence-corrected chi connectivity index (χ2v) is 4.57. The minimum absolute atomic E-state index is 0.160. The number of benzene rings is 1. The van der Waals surface area contributed by atoms with E-state index in [0.29, 0.717) is 12.8 Å². The van der Waals surface area contributed by atoms with Crippen LogP contribution in [0, 0.1) is 11.6 Å². The van der Waals surface area contributed by atoms with Crippen LogP contribution in [0.15, 0.2) is 17.1 Å². The fourth-order valence-electron chi connectivity index (χ4n) is 2.38. The average Bonchev–Trinajstić information content (AvgIpc) is 2.73. The Morgan fingerprint density at radius 1 is 1.29 bits per heavy atom. The predicted octanol–water partition coefficient (Wildman–Crippen LogP) is 3.72. The maximum absolute atomic E-state index is 13.4. The van der Waals surface area contributed by atoms with Crippen molar-refractivity contribution in [1.29, 1.82) is 0 Å². The highest BCUT2D eigenvalue weighted by Gasteiger charge is 2.38. The topological polar surface area (TPSA) is 29.4 Å². The maximum Gasteiger partial charge on any atom is 0.235 e. The van der Waals surface area contributed by atoms with Gasteiger partial charge in [-0.25, -0.2) is 13.6 Å². The van der Waals surface area contributed by atoms with Gasteiger partial charge in [-0.3, -0.25) is 0 Å². The summed E-state index contributed by atoms with van der Waals surface area (Å²) in [5, 5.41) is -0.160. The third kappa shape index (κ3) is 2.11. The van der Waals surface area contributed by atoms with Crippen molar-refractivity contribution in [3.8, 4) is 0 Å². The summed E-state index contributed by atoms with van der Waals surface area (Å²) in [4.78, 5) is 14.2. The molecule has 1 aliphatic carbocycles. The van der Waals surface area contributed by atoms with Crippen LogP contribution < -0.4 is 0 Å². The number of isocyanates is 1. The summed E-state index contributed by atoms with van der Waals surface area (Å²) in [7, 11) is 0. The van der Waals surface area contributed by atoms with Gasteiger partial charge in [0.05, 0.1) is 10.6 Å². The number of carbonyl (C=O) groups excluding carboxylic acids is 1. The zero-order valence-corrected chi connectivity index (χ0v) is 9.73. The first kappa shape index (κ1) is 12.2. The van der Waals surface area contributed by atoms with Crippen molar-refractivity contribution in [1.82, 2.24) is 0 Å². The number of halogens is 3. The fraction of sp³-hybridized carbons (Fsp3) is 0.417. The van der Waals surface area contributed by atoms with Crippen LogP contribution in [0.3, 0.4) is 0 Å². The van der Waals surface area contributed by atoms with Crippen LogP contribution in [0.4, 0.5) is 8.78 Å². The zero-order valence-electron chi connectivity index (χ0n) is 8.97. The Morgan fingerprint density at radius 3 is 2.53 bits per heavy atom. The van der Waals surface area contributed by atoms with E-state index in [1.807, 2.05) is 0 Å². The van der Waals surface area contributed by atoms with E-state index < -0.39 is 17.2 Å². The van der Waals surface area contributed by atoms with Crippen molar-refractivity contribution in [3.05, 3.63) is 34.4 Å². The van der Waals surface area contributed by atoms with Gasteiger partial charge in [-0.1, -0.05) is 24.4 Å². The largest absolute Gasteiger partial charge is 0.235 e. The Balaban J connectivity index is 2.61. The number of aliphatic imine (C=N–C) groups is 1. The highest BCUT2D eigenvalue weighted by atomic mass is 35.5. The predicted molar refractivity (Wildman–Crippen MR) is 59.6 cm³/mol. The molecule has 1 aromatic rings.